The maximum absolute atomic E-state index is 12.4. The standard InChI is InChI=1S/C21H23N3O2/c1-16-6-2-5-9-19(16)23-13-10-22(11-14-23)12-15-24-20(25)17-7-3-4-8-18(17)21(24)26/h2-9H,10-15H2,1H3/p+1. The summed E-state index contributed by atoms with van der Waals surface area (Å²) in [5.74, 6) is -0.299. The molecule has 2 aromatic carbocycles. The zero-order valence-corrected chi connectivity index (χ0v) is 15.1. The lowest BCUT2D eigenvalue weighted by Crippen LogP contribution is -3.15. The Morgan fingerprint density at radius 3 is 2.08 bits per heavy atom. The average molecular weight is 350 g/mol. The number of para-hydroxylation sites is 1. The molecule has 26 heavy (non-hydrogen) atoms. The highest BCUT2D eigenvalue weighted by Crippen LogP contribution is 2.22. The monoisotopic (exact) mass is 350 g/mol. The fraction of sp³-hybridized carbons (Fsp3) is 0.333. The van der Waals surface area contributed by atoms with Crippen molar-refractivity contribution in [2.75, 3.05) is 44.2 Å². The summed E-state index contributed by atoms with van der Waals surface area (Å²) in [4.78, 5) is 30.2. The first-order valence-electron chi connectivity index (χ1n) is 9.24. The topological polar surface area (TPSA) is 45.1 Å². The average Bonchev–Trinajstić information content (AvgIpc) is 2.92. The van der Waals surface area contributed by atoms with Gasteiger partial charge in [-0.05, 0) is 30.7 Å². The Kier molecular flexibility index (Phi) is 4.47. The van der Waals surface area contributed by atoms with Gasteiger partial charge in [-0.25, -0.2) is 0 Å². The SMILES string of the molecule is Cc1ccccc1N1CC[NH+](CCN2C(=O)c3ccccc3C2=O)CC1. The highest BCUT2D eigenvalue weighted by Gasteiger charge is 2.35. The molecule has 0 saturated carbocycles. The first kappa shape index (κ1) is 16.8. The molecule has 0 unspecified atom stereocenters. The first-order chi connectivity index (χ1) is 12.6. The predicted molar refractivity (Wildman–Crippen MR) is 101 cm³/mol. The summed E-state index contributed by atoms with van der Waals surface area (Å²) >= 11 is 0. The van der Waals surface area contributed by atoms with Crippen LogP contribution in [-0.2, 0) is 0 Å². The van der Waals surface area contributed by atoms with E-state index < -0.39 is 0 Å². The lowest BCUT2D eigenvalue weighted by atomic mass is 10.1. The van der Waals surface area contributed by atoms with Gasteiger partial charge in [0.2, 0.25) is 0 Å². The van der Waals surface area contributed by atoms with Crippen LogP contribution in [0.25, 0.3) is 0 Å². The number of benzene rings is 2. The van der Waals surface area contributed by atoms with Crippen LogP contribution in [0.5, 0.6) is 0 Å². The number of rotatable bonds is 4. The first-order valence-corrected chi connectivity index (χ1v) is 9.24. The van der Waals surface area contributed by atoms with Crippen LogP contribution >= 0.6 is 0 Å². The van der Waals surface area contributed by atoms with Gasteiger partial charge in [0.05, 0.1) is 50.4 Å². The van der Waals surface area contributed by atoms with E-state index in [1.54, 1.807) is 12.1 Å². The van der Waals surface area contributed by atoms with Gasteiger partial charge in [-0.15, -0.1) is 0 Å². The number of nitrogens with zero attached hydrogens (tertiary/aromatic N) is 2. The Morgan fingerprint density at radius 1 is 0.885 bits per heavy atom. The van der Waals surface area contributed by atoms with Crippen LogP contribution < -0.4 is 9.80 Å². The Labute approximate surface area is 153 Å². The summed E-state index contributed by atoms with van der Waals surface area (Å²) < 4.78 is 0. The Hall–Kier alpha value is -2.66. The maximum atomic E-state index is 12.4. The van der Waals surface area contributed by atoms with E-state index in [9.17, 15) is 9.59 Å². The molecule has 1 saturated heterocycles. The number of nitrogens with one attached hydrogen (secondary N) is 1. The minimum Gasteiger partial charge on any atom is -0.360 e. The normalized spacial score (nSPS) is 17.7. The van der Waals surface area contributed by atoms with E-state index in [2.05, 4.69) is 36.1 Å². The molecule has 1 fully saturated rings. The van der Waals surface area contributed by atoms with Gasteiger partial charge in [0.25, 0.3) is 11.8 Å². The molecular weight excluding hydrogens is 326 g/mol. The van der Waals surface area contributed by atoms with Crippen LogP contribution in [0.15, 0.2) is 48.5 Å². The summed E-state index contributed by atoms with van der Waals surface area (Å²) in [7, 11) is 0. The van der Waals surface area contributed by atoms with Crippen molar-refractivity contribution >= 4 is 17.5 Å². The van der Waals surface area contributed by atoms with Gasteiger partial charge in [0.15, 0.2) is 0 Å². The number of amides is 2. The second kappa shape index (κ2) is 6.92. The van der Waals surface area contributed by atoms with E-state index in [1.165, 1.54) is 21.1 Å². The molecule has 2 amide bonds. The number of quaternary nitrogens is 1. The zero-order valence-electron chi connectivity index (χ0n) is 15.1. The lowest BCUT2D eigenvalue weighted by Gasteiger charge is -2.34. The van der Waals surface area contributed by atoms with Crippen LogP contribution in [0.3, 0.4) is 0 Å². The number of carbonyl (C=O) groups excluding carboxylic acids is 2. The number of anilines is 1. The molecule has 134 valence electrons. The molecule has 2 aliphatic heterocycles. The van der Waals surface area contributed by atoms with E-state index in [0.717, 1.165) is 32.7 Å². The van der Waals surface area contributed by atoms with Gasteiger partial charge >= 0.3 is 0 Å². The van der Waals surface area contributed by atoms with Crippen molar-refractivity contribution in [2.24, 2.45) is 0 Å². The van der Waals surface area contributed by atoms with Gasteiger partial charge in [-0.3, -0.25) is 14.5 Å². The molecule has 2 heterocycles. The quantitative estimate of drug-likeness (QED) is 0.837. The third kappa shape index (κ3) is 2.99. The Morgan fingerprint density at radius 2 is 1.46 bits per heavy atom. The van der Waals surface area contributed by atoms with E-state index in [4.69, 9.17) is 0 Å². The number of imide groups is 1. The molecule has 0 aromatic heterocycles. The molecule has 0 aliphatic carbocycles. The van der Waals surface area contributed by atoms with Crippen molar-refractivity contribution in [3.63, 3.8) is 0 Å². The summed E-state index contributed by atoms with van der Waals surface area (Å²) in [6, 6.07) is 15.6. The van der Waals surface area contributed by atoms with Gasteiger partial charge in [0.1, 0.15) is 0 Å². The number of fused-ring (bicyclic) bond motifs is 1. The molecule has 4 rings (SSSR count). The zero-order chi connectivity index (χ0) is 18.1. The fourth-order valence-corrected chi connectivity index (χ4v) is 3.94. The number of piperazine rings is 1. The number of carbonyl (C=O) groups is 2. The highest BCUT2D eigenvalue weighted by molar-refractivity contribution is 6.21. The van der Waals surface area contributed by atoms with E-state index in [-0.39, 0.29) is 11.8 Å². The van der Waals surface area contributed by atoms with E-state index in [0.29, 0.717) is 17.7 Å². The molecule has 2 aliphatic rings. The number of aryl methyl sites for hydroxylation is 1. The molecule has 0 spiro atoms. The third-order valence-electron chi connectivity index (χ3n) is 5.49. The minimum absolute atomic E-state index is 0.149. The number of hydrogen-bond donors (Lipinski definition) is 1. The van der Waals surface area contributed by atoms with Crippen molar-refractivity contribution < 1.29 is 14.5 Å². The lowest BCUT2D eigenvalue weighted by molar-refractivity contribution is -0.899. The van der Waals surface area contributed by atoms with Crippen molar-refractivity contribution in [3.05, 3.63) is 65.2 Å². The van der Waals surface area contributed by atoms with E-state index >= 15 is 0 Å². The Balaban J connectivity index is 1.33. The summed E-state index contributed by atoms with van der Waals surface area (Å²) in [6.07, 6.45) is 0. The number of hydrogen-bond acceptors (Lipinski definition) is 3. The van der Waals surface area contributed by atoms with Gasteiger partial charge in [-0.2, -0.15) is 0 Å². The molecule has 0 atom stereocenters. The molecule has 0 bridgehead atoms. The largest absolute Gasteiger partial charge is 0.360 e. The van der Waals surface area contributed by atoms with Crippen molar-refractivity contribution in [3.8, 4) is 0 Å². The van der Waals surface area contributed by atoms with Crippen LogP contribution in [0.2, 0.25) is 0 Å². The predicted octanol–water partition coefficient (Wildman–Crippen LogP) is 0.996. The second-order valence-electron chi connectivity index (χ2n) is 7.08. The molecule has 1 N–H and O–H groups in total. The fourth-order valence-electron chi connectivity index (χ4n) is 3.94. The van der Waals surface area contributed by atoms with E-state index in [1.807, 2.05) is 12.1 Å². The Bertz CT molecular complexity index is 806. The molecule has 0 radical (unpaired) electrons. The van der Waals surface area contributed by atoms with Crippen LogP contribution in [-0.4, -0.2) is 56.0 Å². The van der Waals surface area contributed by atoms with Crippen LogP contribution in [0.4, 0.5) is 5.69 Å². The highest BCUT2D eigenvalue weighted by atomic mass is 16.2. The molecular formula is C21H24N3O2+. The smallest absolute Gasteiger partial charge is 0.261 e. The summed E-state index contributed by atoms with van der Waals surface area (Å²) in [6.45, 7) is 7.51. The van der Waals surface area contributed by atoms with Crippen LogP contribution in [0.1, 0.15) is 26.3 Å². The second-order valence-corrected chi connectivity index (χ2v) is 7.08. The van der Waals surface area contributed by atoms with Crippen molar-refractivity contribution in [1.29, 1.82) is 0 Å². The molecule has 2 aromatic rings. The minimum atomic E-state index is -0.149. The van der Waals surface area contributed by atoms with Gasteiger partial charge in [0, 0.05) is 5.69 Å². The molecule has 5 heteroatoms. The van der Waals surface area contributed by atoms with Gasteiger partial charge < -0.3 is 9.80 Å². The van der Waals surface area contributed by atoms with Gasteiger partial charge in [-0.1, -0.05) is 30.3 Å². The van der Waals surface area contributed by atoms with Crippen molar-refractivity contribution in [1.82, 2.24) is 4.90 Å². The summed E-state index contributed by atoms with van der Waals surface area (Å²) in [5, 5.41) is 0. The third-order valence-corrected chi connectivity index (χ3v) is 5.49. The summed E-state index contributed by atoms with van der Waals surface area (Å²) in [5.41, 5.74) is 3.70. The molecule has 5 nitrogen and oxygen atoms in total. The maximum Gasteiger partial charge on any atom is 0.261 e. The van der Waals surface area contributed by atoms with Crippen LogP contribution in [0, 0.1) is 6.92 Å². The van der Waals surface area contributed by atoms with Crippen molar-refractivity contribution in [2.45, 2.75) is 6.92 Å².